The summed E-state index contributed by atoms with van der Waals surface area (Å²) in [4.78, 5) is 22.0. The van der Waals surface area contributed by atoms with Crippen molar-refractivity contribution in [1.82, 2.24) is 14.9 Å². The van der Waals surface area contributed by atoms with Crippen molar-refractivity contribution in [3.8, 4) is 0 Å². The maximum atomic E-state index is 12.6. The summed E-state index contributed by atoms with van der Waals surface area (Å²) in [6.45, 7) is 0.687. The van der Waals surface area contributed by atoms with Gasteiger partial charge in [0, 0.05) is 17.7 Å². The van der Waals surface area contributed by atoms with Crippen LogP contribution in [-0.4, -0.2) is 27.3 Å². The van der Waals surface area contributed by atoms with Gasteiger partial charge in [0.25, 0.3) is 5.91 Å². The van der Waals surface area contributed by atoms with Gasteiger partial charge in [-0.2, -0.15) is 13.2 Å². The molecule has 1 aliphatic rings. The van der Waals surface area contributed by atoms with E-state index in [0.717, 1.165) is 17.7 Å². The Morgan fingerprint density at radius 2 is 1.87 bits per heavy atom. The molecular formula is C15H13F3N4O. The molecule has 1 aromatic carbocycles. The molecule has 2 heterocycles. The number of carbonyl (C=O) groups is 1. The lowest BCUT2D eigenvalue weighted by atomic mass is 10.0. The molecule has 0 unspecified atom stereocenters. The van der Waals surface area contributed by atoms with E-state index in [1.807, 2.05) is 0 Å². The third kappa shape index (κ3) is 2.96. The number of nitrogen functional groups attached to an aromatic ring is 1. The quantitative estimate of drug-likeness (QED) is 0.874. The Morgan fingerprint density at radius 3 is 2.52 bits per heavy atom. The molecule has 0 atom stereocenters. The summed E-state index contributed by atoms with van der Waals surface area (Å²) in [5.41, 5.74) is 6.70. The molecule has 1 amide bonds. The summed E-state index contributed by atoms with van der Waals surface area (Å²) in [6.07, 6.45) is -2.56. The normalized spacial score (nSPS) is 14.5. The van der Waals surface area contributed by atoms with Crippen LogP contribution in [-0.2, 0) is 19.1 Å². The first-order valence-corrected chi connectivity index (χ1v) is 6.91. The summed E-state index contributed by atoms with van der Waals surface area (Å²) in [5, 5.41) is 0. The maximum absolute atomic E-state index is 12.6. The summed E-state index contributed by atoms with van der Waals surface area (Å²) in [5.74, 6) is 0.0678. The van der Waals surface area contributed by atoms with Gasteiger partial charge in [-0.1, -0.05) is 0 Å². The molecule has 0 spiro atoms. The minimum Gasteiger partial charge on any atom is -0.383 e. The Labute approximate surface area is 130 Å². The highest BCUT2D eigenvalue weighted by Crippen LogP contribution is 2.29. The molecule has 0 saturated heterocycles. The average molecular weight is 322 g/mol. The van der Waals surface area contributed by atoms with Gasteiger partial charge in [-0.15, -0.1) is 0 Å². The minimum absolute atomic E-state index is 0.212. The van der Waals surface area contributed by atoms with Crippen molar-refractivity contribution in [2.45, 2.75) is 19.1 Å². The van der Waals surface area contributed by atoms with Crippen molar-refractivity contribution in [3.63, 3.8) is 0 Å². The van der Waals surface area contributed by atoms with E-state index in [4.69, 9.17) is 5.73 Å². The fraction of sp³-hybridized carbons (Fsp3) is 0.267. The Hall–Kier alpha value is -2.64. The number of halogens is 3. The molecule has 8 heteroatoms. The zero-order chi connectivity index (χ0) is 16.6. The molecule has 120 valence electrons. The van der Waals surface area contributed by atoms with Gasteiger partial charge in [0.2, 0.25) is 0 Å². The van der Waals surface area contributed by atoms with Gasteiger partial charge in [-0.3, -0.25) is 4.79 Å². The molecule has 1 aromatic heterocycles. The van der Waals surface area contributed by atoms with Crippen molar-refractivity contribution in [1.29, 1.82) is 0 Å². The second kappa shape index (κ2) is 5.53. The van der Waals surface area contributed by atoms with E-state index in [-0.39, 0.29) is 18.0 Å². The Kier molecular flexibility index (Phi) is 3.67. The van der Waals surface area contributed by atoms with Gasteiger partial charge >= 0.3 is 6.18 Å². The number of aromatic nitrogens is 2. The molecule has 2 N–H and O–H groups in total. The number of alkyl halides is 3. The van der Waals surface area contributed by atoms with Crippen LogP contribution >= 0.6 is 0 Å². The molecule has 2 aromatic rings. The highest BCUT2D eigenvalue weighted by molar-refractivity contribution is 5.94. The number of amides is 1. The first kappa shape index (κ1) is 15.3. The number of benzene rings is 1. The lowest BCUT2D eigenvalue weighted by Gasteiger charge is -2.28. The summed E-state index contributed by atoms with van der Waals surface area (Å²) >= 11 is 0. The topological polar surface area (TPSA) is 72.1 Å². The Bertz CT molecular complexity index is 743. The predicted octanol–water partition coefficient (Wildman–Crippen LogP) is 2.28. The summed E-state index contributed by atoms with van der Waals surface area (Å²) < 4.78 is 37.7. The van der Waals surface area contributed by atoms with Gasteiger partial charge in [0.1, 0.15) is 12.1 Å². The first-order chi connectivity index (χ1) is 10.9. The van der Waals surface area contributed by atoms with E-state index in [9.17, 15) is 18.0 Å². The van der Waals surface area contributed by atoms with Crippen molar-refractivity contribution in [2.24, 2.45) is 0 Å². The molecule has 5 nitrogen and oxygen atoms in total. The molecule has 0 fully saturated rings. The van der Waals surface area contributed by atoms with Crippen molar-refractivity contribution >= 4 is 11.7 Å². The monoisotopic (exact) mass is 322 g/mol. The maximum Gasteiger partial charge on any atom is 0.416 e. The van der Waals surface area contributed by atoms with Crippen molar-refractivity contribution < 1.29 is 18.0 Å². The number of nitrogens with two attached hydrogens (primary N) is 1. The van der Waals surface area contributed by atoms with E-state index >= 15 is 0 Å². The molecule has 0 bridgehead atoms. The number of carbonyl (C=O) groups excluding carboxylic acids is 1. The highest BCUT2D eigenvalue weighted by Gasteiger charge is 2.31. The minimum atomic E-state index is -4.42. The van der Waals surface area contributed by atoms with Crippen LogP contribution in [0.2, 0.25) is 0 Å². The van der Waals surface area contributed by atoms with Gasteiger partial charge < -0.3 is 10.6 Å². The van der Waals surface area contributed by atoms with Gasteiger partial charge in [-0.05, 0) is 30.7 Å². The van der Waals surface area contributed by atoms with Crippen molar-refractivity contribution in [3.05, 3.63) is 53.0 Å². The average Bonchev–Trinajstić information content (AvgIpc) is 2.53. The third-order valence-corrected chi connectivity index (χ3v) is 3.79. The molecule has 0 radical (unpaired) electrons. The highest BCUT2D eigenvalue weighted by atomic mass is 19.4. The van der Waals surface area contributed by atoms with Gasteiger partial charge in [-0.25, -0.2) is 9.97 Å². The van der Waals surface area contributed by atoms with Gasteiger partial charge in [0.05, 0.1) is 17.8 Å². The van der Waals surface area contributed by atoms with Crippen LogP contribution in [0.1, 0.15) is 27.2 Å². The van der Waals surface area contributed by atoms with E-state index < -0.39 is 11.7 Å². The third-order valence-electron chi connectivity index (χ3n) is 3.79. The van der Waals surface area contributed by atoms with Crippen LogP contribution in [0.3, 0.4) is 0 Å². The largest absolute Gasteiger partial charge is 0.416 e. The number of rotatable bonds is 1. The zero-order valence-corrected chi connectivity index (χ0v) is 12.0. The fourth-order valence-electron chi connectivity index (χ4n) is 2.54. The molecular weight excluding hydrogens is 309 g/mol. The first-order valence-electron chi connectivity index (χ1n) is 6.91. The number of nitrogens with zero attached hydrogens (tertiary/aromatic N) is 3. The number of fused-ring (bicyclic) bond motifs is 1. The molecule has 0 saturated carbocycles. The summed E-state index contributed by atoms with van der Waals surface area (Å²) in [7, 11) is 0. The van der Waals surface area contributed by atoms with E-state index in [1.165, 1.54) is 23.4 Å². The Morgan fingerprint density at radius 1 is 1.17 bits per heavy atom. The SMILES string of the molecule is Nc1ncnc2c1CCN(C(=O)c1ccc(C(F)(F)F)cc1)C2. The molecule has 23 heavy (non-hydrogen) atoms. The van der Waals surface area contributed by atoms with Crippen LogP contribution in [0.5, 0.6) is 0 Å². The number of hydrogen-bond acceptors (Lipinski definition) is 4. The van der Waals surface area contributed by atoms with Crippen LogP contribution in [0.4, 0.5) is 19.0 Å². The van der Waals surface area contributed by atoms with E-state index in [1.54, 1.807) is 0 Å². The lowest BCUT2D eigenvalue weighted by Crippen LogP contribution is -2.37. The van der Waals surface area contributed by atoms with E-state index in [0.29, 0.717) is 24.5 Å². The number of hydrogen-bond donors (Lipinski definition) is 1. The van der Waals surface area contributed by atoms with Crippen LogP contribution < -0.4 is 5.73 Å². The van der Waals surface area contributed by atoms with Gasteiger partial charge in [0.15, 0.2) is 0 Å². The van der Waals surface area contributed by atoms with Crippen LogP contribution in [0, 0.1) is 0 Å². The Balaban J connectivity index is 1.79. The lowest BCUT2D eigenvalue weighted by molar-refractivity contribution is -0.137. The van der Waals surface area contributed by atoms with Crippen LogP contribution in [0.15, 0.2) is 30.6 Å². The second-order valence-electron chi connectivity index (χ2n) is 5.24. The standard InChI is InChI=1S/C15H13F3N4O/c16-15(17,18)10-3-1-9(2-4-10)14(23)22-6-5-11-12(7-22)20-8-21-13(11)19/h1-4,8H,5-7H2,(H2,19,20,21). The smallest absolute Gasteiger partial charge is 0.383 e. The number of anilines is 1. The zero-order valence-electron chi connectivity index (χ0n) is 12.0. The molecule has 0 aliphatic carbocycles. The molecule has 1 aliphatic heterocycles. The molecule has 3 rings (SSSR count). The summed E-state index contributed by atoms with van der Waals surface area (Å²) in [6, 6.07) is 4.20. The van der Waals surface area contributed by atoms with Crippen molar-refractivity contribution in [2.75, 3.05) is 12.3 Å². The second-order valence-corrected chi connectivity index (χ2v) is 5.24. The van der Waals surface area contributed by atoms with Crippen LogP contribution in [0.25, 0.3) is 0 Å². The van der Waals surface area contributed by atoms with E-state index in [2.05, 4.69) is 9.97 Å². The fourth-order valence-corrected chi connectivity index (χ4v) is 2.54. The predicted molar refractivity (Wildman–Crippen MR) is 76.3 cm³/mol.